The smallest absolute Gasteiger partial charge is 0.303 e. The van der Waals surface area contributed by atoms with Gasteiger partial charge in [0.05, 0.1) is 11.7 Å². The summed E-state index contributed by atoms with van der Waals surface area (Å²) in [6.07, 6.45) is 6.94. The number of rotatable bonds is 14. The molecule has 0 saturated heterocycles. The first-order valence-electron chi connectivity index (χ1n) is 13.6. The van der Waals surface area contributed by atoms with Crippen LogP contribution in [-0.2, 0) is 16.6 Å². The summed E-state index contributed by atoms with van der Waals surface area (Å²) in [7, 11) is 0. The standard InChI is InChI=1S/C31H44O5/c1-5-31(6-2,25-12-11-24(22(3)19-25)15-18-30(35)16-8-17-30)26-13-14-28(23(4)20-26)36-21-27(32)9-7-10-29(33)34/h11-14,19-20,27,32,35H,5-10,15-18,21H2,1-4H3,(H,33,34)/t27-/m0/s1. The molecule has 1 atom stereocenters. The van der Waals surface area contributed by atoms with Gasteiger partial charge in [0, 0.05) is 11.8 Å². The van der Waals surface area contributed by atoms with E-state index in [1.54, 1.807) is 0 Å². The van der Waals surface area contributed by atoms with Crippen LogP contribution in [0.3, 0.4) is 0 Å². The van der Waals surface area contributed by atoms with Crippen LogP contribution in [0.2, 0.25) is 0 Å². The van der Waals surface area contributed by atoms with Gasteiger partial charge in [-0.1, -0.05) is 44.2 Å². The number of ether oxygens (including phenoxy) is 1. The predicted octanol–water partition coefficient (Wildman–Crippen LogP) is 6.25. The molecule has 198 valence electrons. The maximum absolute atomic E-state index is 10.7. The van der Waals surface area contributed by atoms with Crippen molar-refractivity contribution >= 4 is 5.97 Å². The number of hydrogen-bond acceptors (Lipinski definition) is 4. The molecule has 1 aliphatic carbocycles. The third-order valence-corrected chi connectivity index (χ3v) is 8.33. The summed E-state index contributed by atoms with van der Waals surface area (Å²) in [6, 6.07) is 13.2. The van der Waals surface area contributed by atoms with E-state index < -0.39 is 17.7 Å². The van der Waals surface area contributed by atoms with Crippen LogP contribution in [0, 0.1) is 13.8 Å². The second kappa shape index (κ2) is 12.2. The zero-order chi connectivity index (χ0) is 26.3. The number of benzene rings is 2. The lowest BCUT2D eigenvalue weighted by Crippen LogP contribution is -2.37. The van der Waals surface area contributed by atoms with Gasteiger partial charge in [-0.25, -0.2) is 0 Å². The highest BCUT2D eigenvalue weighted by Crippen LogP contribution is 2.41. The molecule has 0 bridgehead atoms. The molecule has 3 N–H and O–H groups in total. The first-order chi connectivity index (χ1) is 17.1. The lowest BCUT2D eigenvalue weighted by atomic mass is 9.69. The molecule has 2 aromatic carbocycles. The van der Waals surface area contributed by atoms with E-state index in [0.717, 1.165) is 56.3 Å². The van der Waals surface area contributed by atoms with Crippen molar-refractivity contribution in [1.82, 2.24) is 0 Å². The molecule has 5 heteroatoms. The van der Waals surface area contributed by atoms with Crippen molar-refractivity contribution in [3.8, 4) is 5.75 Å². The van der Waals surface area contributed by atoms with Crippen LogP contribution in [0.5, 0.6) is 5.75 Å². The molecule has 1 fully saturated rings. The lowest BCUT2D eigenvalue weighted by molar-refractivity contribution is -0.137. The monoisotopic (exact) mass is 496 g/mol. The molecule has 0 spiro atoms. The quantitative estimate of drug-likeness (QED) is 0.288. The zero-order valence-electron chi connectivity index (χ0n) is 22.5. The third-order valence-electron chi connectivity index (χ3n) is 8.33. The van der Waals surface area contributed by atoms with Crippen LogP contribution in [-0.4, -0.2) is 39.6 Å². The molecule has 0 unspecified atom stereocenters. The summed E-state index contributed by atoms with van der Waals surface area (Å²) in [4.78, 5) is 10.7. The summed E-state index contributed by atoms with van der Waals surface area (Å²) in [5.74, 6) is -0.0977. The zero-order valence-corrected chi connectivity index (χ0v) is 22.5. The maximum Gasteiger partial charge on any atom is 0.303 e. The maximum atomic E-state index is 10.7. The summed E-state index contributed by atoms with van der Waals surface area (Å²) in [5.41, 5.74) is 5.66. The van der Waals surface area contributed by atoms with Crippen LogP contribution in [0.15, 0.2) is 36.4 Å². The Morgan fingerprint density at radius 3 is 2.22 bits per heavy atom. The summed E-state index contributed by atoms with van der Waals surface area (Å²) >= 11 is 0. The Morgan fingerprint density at radius 2 is 1.69 bits per heavy atom. The van der Waals surface area contributed by atoms with Crippen LogP contribution in [0.1, 0.15) is 99.5 Å². The fourth-order valence-electron chi connectivity index (χ4n) is 5.58. The highest BCUT2D eigenvalue weighted by molar-refractivity contribution is 5.66. The number of carboxylic acid groups (broad SMARTS) is 1. The molecule has 0 heterocycles. The van der Waals surface area contributed by atoms with Crippen molar-refractivity contribution in [2.45, 2.75) is 109 Å². The largest absolute Gasteiger partial charge is 0.491 e. The number of aliphatic hydroxyl groups excluding tert-OH is 1. The Bertz CT molecular complexity index is 1020. The molecule has 36 heavy (non-hydrogen) atoms. The van der Waals surface area contributed by atoms with Crippen molar-refractivity contribution in [2.24, 2.45) is 0 Å². The summed E-state index contributed by atoms with van der Waals surface area (Å²) in [6.45, 7) is 8.86. The van der Waals surface area contributed by atoms with Crippen LogP contribution >= 0.6 is 0 Å². The van der Waals surface area contributed by atoms with Gasteiger partial charge in [0.2, 0.25) is 0 Å². The van der Waals surface area contributed by atoms with Crippen molar-refractivity contribution in [3.63, 3.8) is 0 Å². The van der Waals surface area contributed by atoms with E-state index >= 15 is 0 Å². The molecule has 1 aliphatic rings. The van der Waals surface area contributed by atoms with Crippen LogP contribution in [0.25, 0.3) is 0 Å². The SMILES string of the molecule is CCC(CC)(c1ccc(CCC2(O)CCC2)c(C)c1)c1ccc(OC[C@@H](O)CCCC(=O)O)c(C)c1. The van der Waals surface area contributed by atoms with Crippen molar-refractivity contribution in [1.29, 1.82) is 0 Å². The number of carbonyl (C=O) groups is 1. The van der Waals surface area contributed by atoms with Gasteiger partial charge in [-0.15, -0.1) is 0 Å². The Labute approximate surface area is 216 Å². The normalized spacial score (nSPS) is 15.8. The van der Waals surface area contributed by atoms with E-state index in [1.165, 1.54) is 22.3 Å². The first kappa shape index (κ1) is 28.2. The van der Waals surface area contributed by atoms with Gasteiger partial charge in [0.25, 0.3) is 0 Å². The topological polar surface area (TPSA) is 87.0 Å². The molecule has 2 aromatic rings. The van der Waals surface area contributed by atoms with E-state index in [-0.39, 0.29) is 18.4 Å². The molecule has 0 radical (unpaired) electrons. The molecule has 1 saturated carbocycles. The van der Waals surface area contributed by atoms with E-state index in [4.69, 9.17) is 9.84 Å². The molecule has 0 aromatic heterocycles. The fraction of sp³-hybridized carbons (Fsp3) is 0.581. The summed E-state index contributed by atoms with van der Waals surface area (Å²) < 4.78 is 5.88. The second-order valence-corrected chi connectivity index (χ2v) is 10.7. The third kappa shape index (κ3) is 6.68. The first-order valence-corrected chi connectivity index (χ1v) is 13.6. The van der Waals surface area contributed by atoms with Gasteiger partial charge in [0.15, 0.2) is 0 Å². The number of aliphatic hydroxyl groups is 2. The highest BCUT2D eigenvalue weighted by Gasteiger charge is 2.34. The minimum absolute atomic E-state index is 0.0591. The van der Waals surface area contributed by atoms with Gasteiger partial charge in [0.1, 0.15) is 12.4 Å². The fourth-order valence-corrected chi connectivity index (χ4v) is 5.58. The van der Waals surface area contributed by atoms with Gasteiger partial charge in [-0.3, -0.25) is 4.79 Å². The molecule has 5 nitrogen and oxygen atoms in total. The number of carboxylic acids is 1. The van der Waals surface area contributed by atoms with Gasteiger partial charge in [-0.2, -0.15) is 0 Å². The van der Waals surface area contributed by atoms with E-state index in [1.807, 2.05) is 13.0 Å². The molecular formula is C31H44O5. The number of aryl methyl sites for hydroxylation is 3. The van der Waals surface area contributed by atoms with Crippen molar-refractivity contribution in [3.05, 3.63) is 64.2 Å². The average molecular weight is 497 g/mol. The van der Waals surface area contributed by atoms with E-state index in [2.05, 4.69) is 51.1 Å². The lowest BCUT2D eigenvalue weighted by Gasteiger charge is -2.37. The minimum Gasteiger partial charge on any atom is -0.491 e. The Morgan fingerprint density at radius 1 is 1.06 bits per heavy atom. The Balaban J connectivity index is 1.73. The number of aliphatic carboxylic acids is 1. The number of hydrogen-bond donors (Lipinski definition) is 3. The Hall–Kier alpha value is -2.37. The van der Waals surface area contributed by atoms with Crippen LogP contribution < -0.4 is 4.74 Å². The van der Waals surface area contributed by atoms with Crippen molar-refractivity contribution in [2.75, 3.05) is 6.61 Å². The van der Waals surface area contributed by atoms with Gasteiger partial charge in [-0.05, 0) is 106 Å². The molecular weight excluding hydrogens is 452 g/mol. The summed E-state index contributed by atoms with van der Waals surface area (Å²) in [5, 5.41) is 29.4. The van der Waals surface area contributed by atoms with E-state index in [0.29, 0.717) is 12.8 Å². The van der Waals surface area contributed by atoms with Gasteiger partial charge < -0.3 is 20.1 Å². The predicted molar refractivity (Wildman–Crippen MR) is 144 cm³/mol. The molecule has 0 aliphatic heterocycles. The second-order valence-electron chi connectivity index (χ2n) is 10.7. The average Bonchev–Trinajstić information content (AvgIpc) is 2.82. The highest BCUT2D eigenvalue weighted by atomic mass is 16.5. The van der Waals surface area contributed by atoms with E-state index in [9.17, 15) is 15.0 Å². The molecule has 3 rings (SSSR count). The van der Waals surface area contributed by atoms with Crippen LogP contribution in [0.4, 0.5) is 0 Å². The minimum atomic E-state index is -0.845. The molecule has 0 amide bonds. The van der Waals surface area contributed by atoms with Crippen molar-refractivity contribution < 1.29 is 24.9 Å². The Kier molecular flexibility index (Phi) is 9.59. The van der Waals surface area contributed by atoms with Gasteiger partial charge >= 0.3 is 5.97 Å².